The summed E-state index contributed by atoms with van der Waals surface area (Å²) >= 11 is 0. The zero-order valence-electron chi connectivity index (χ0n) is 13.5. The van der Waals surface area contributed by atoms with Crippen molar-refractivity contribution in [3.8, 4) is 5.75 Å². The minimum atomic E-state index is -4.28. The molecule has 1 atom stereocenters. The highest BCUT2D eigenvalue weighted by atomic mass is 19.4. The molecule has 3 rings (SSSR count). The summed E-state index contributed by atoms with van der Waals surface area (Å²) in [5, 5.41) is 0. The van der Waals surface area contributed by atoms with Gasteiger partial charge in [0, 0.05) is 12.6 Å². The van der Waals surface area contributed by atoms with E-state index in [0.29, 0.717) is 12.6 Å². The fourth-order valence-corrected chi connectivity index (χ4v) is 3.25. The van der Waals surface area contributed by atoms with Crippen LogP contribution in [0.2, 0.25) is 0 Å². The maximum absolute atomic E-state index is 12.6. The summed E-state index contributed by atoms with van der Waals surface area (Å²) in [5.41, 5.74) is 1.53. The van der Waals surface area contributed by atoms with Crippen molar-refractivity contribution < 1.29 is 17.9 Å². The Morgan fingerprint density at radius 2 is 1.71 bits per heavy atom. The second kappa shape index (κ2) is 6.85. The maximum Gasteiger partial charge on any atom is 0.416 e. The predicted molar refractivity (Wildman–Crippen MR) is 86.8 cm³/mol. The Morgan fingerprint density at radius 1 is 1.04 bits per heavy atom. The molecule has 2 nitrogen and oxygen atoms in total. The van der Waals surface area contributed by atoms with Crippen molar-refractivity contribution in [2.24, 2.45) is 0 Å². The van der Waals surface area contributed by atoms with Crippen LogP contribution in [0.15, 0.2) is 48.5 Å². The number of rotatable bonds is 4. The summed E-state index contributed by atoms with van der Waals surface area (Å²) in [4.78, 5) is 2.32. The number of likely N-dealkylation sites (tertiary alicyclic amines) is 1. The second-order valence-electron chi connectivity index (χ2n) is 6.10. The third-order valence-electron chi connectivity index (χ3n) is 4.53. The van der Waals surface area contributed by atoms with Gasteiger partial charge in [0.2, 0.25) is 0 Å². The topological polar surface area (TPSA) is 12.5 Å². The Hall–Kier alpha value is -2.01. The van der Waals surface area contributed by atoms with Crippen LogP contribution in [0.25, 0.3) is 0 Å². The van der Waals surface area contributed by atoms with Crippen LogP contribution >= 0.6 is 0 Å². The zero-order valence-corrected chi connectivity index (χ0v) is 13.5. The number of benzene rings is 2. The number of ether oxygens (including phenoxy) is 1. The van der Waals surface area contributed by atoms with Crippen LogP contribution in [0.5, 0.6) is 5.75 Å². The smallest absolute Gasteiger partial charge is 0.416 e. The maximum atomic E-state index is 12.6. The highest BCUT2D eigenvalue weighted by Gasteiger charge is 2.30. The summed E-state index contributed by atoms with van der Waals surface area (Å²) in [6.07, 6.45) is -2.12. The Labute approximate surface area is 139 Å². The van der Waals surface area contributed by atoms with E-state index in [1.54, 1.807) is 19.2 Å². The van der Waals surface area contributed by atoms with Crippen LogP contribution in [0.1, 0.15) is 35.6 Å². The first-order valence-corrected chi connectivity index (χ1v) is 8.01. The van der Waals surface area contributed by atoms with Gasteiger partial charge in [-0.2, -0.15) is 13.2 Å². The molecule has 0 aliphatic carbocycles. The van der Waals surface area contributed by atoms with Crippen LogP contribution in [0, 0.1) is 0 Å². The second-order valence-corrected chi connectivity index (χ2v) is 6.10. The van der Waals surface area contributed by atoms with E-state index in [0.717, 1.165) is 42.8 Å². The molecule has 1 aliphatic heterocycles. The molecule has 5 heteroatoms. The van der Waals surface area contributed by atoms with Gasteiger partial charge in [-0.25, -0.2) is 0 Å². The van der Waals surface area contributed by atoms with Gasteiger partial charge < -0.3 is 4.74 Å². The van der Waals surface area contributed by atoms with Gasteiger partial charge >= 0.3 is 6.18 Å². The molecule has 0 amide bonds. The first-order valence-electron chi connectivity index (χ1n) is 8.01. The van der Waals surface area contributed by atoms with E-state index >= 15 is 0 Å². The Morgan fingerprint density at radius 3 is 2.29 bits per heavy atom. The number of hydrogen-bond donors (Lipinski definition) is 0. The van der Waals surface area contributed by atoms with Crippen LogP contribution in [0.3, 0.4) is 0 Å². The third-order valence-corrected chi connectivity index (χ3v) is 4.53. The highest BCUT2D eigenvalue weighted by Crippen LogP contribution is 2.34. The molecule has 2 aromatic rings. The molecule has 1 unspecified atom stereocenters. The molecule has 24 heavy (non-hydrogen) atoms. The third kappa shape index (κ3) is 3.73. The van der Waals surface area contributed by atoms with Crippen molar-refractivity contribution in [2.45, 2.75) is 31.6 Å². The van der Waals surface area contributed by atoms with Crippen LogP contribution < -0.4 is 4.74 Å². The molecule has 1 heterocycles. The van der Waals surface area contributed by atoms with E-state index in [-0.39, 0.29) is 0 Å². The summed E-state index contributed by atoms with van der Waals surface area (Å²) in [7, 11) is 1.64. The normalized spacial score (nSPS) is 18.8. The van der Waals surface area contributed by atoms with Crippen molar-refractivity contribution in [1.82, 2.24) is 4.90 Å². The largest absolute Gasteiger partial charge is 0.497 e. The molecule has 0 saturated carbocycles. The first-order chi connectivity index (χ1) is 11.5. The monoisotopic (exact) mass is 335 g/mol. The van der Waals surface area contributed by atoms with Gasteiger partial charge in [-0.05, 0) is 54.8 Å². The van der Waals surface area contributed by atoms with Crippen molar-refractivity contribution in [2.75, 3.05) is 13.7 Å². The Bertz CT molecular complexity index is 665. The van der Waals surface area contributed by atoms with Gasteiger partial charge in [0.15, 0.2) is 0 Å². The van der Waals surface area contributed by atoms with E-state index in [9.17, 15) is 13.2 Å². The highest BCUT2D eigenvalue weighted by molar-refractivity contribution is 5.30. The zero-order chi connectivity index (χ0) is 17.2. The van der Waals surface area contributed by atoms with Crippen molar-refractivity contribution >= 4 is 0 Å². The lowest BCUT2D eigenvalue weighted by molar-refractivity contribution is -0.137. The molecule has 1 aliphatic rings. The minimum absolute atomic E-state index is 0.304. The van der Waals surface area contributed by atoms with Gasteiger partial charge in [0.05, 0.1) is 12.7 Å². The fourth-order valence-electron chi connectivity index (χ4n) is 3.25. The molecule has 0 bridgehead atoms. The number of halogens is 3. The lowest BCUT2D eigenvalue weighted by Gasteiger charge is -2.25. The average Bonchev–Trinajstić information content (AvgIpc) is 3.03. The van der Waals surface area contributed by atoms with E-state index in [1.807, 2.05) is 12.1 Å². The van der Waals surface area contributed by atoms with Crippen LogP contribution in [-0.2, 0) is 12.7 Å². The average molecular weight is 335 g/mol. The van der Waals surface area contributed by atoms with Crippen LogP contribution in [0.4, 0.5) is 13.2 Å². The molecule has 2 aromatic carbocycles. The quantitative estimate of drug-likeness (QED) is 0.775. The summed E-state index contributed by atoms with van der Waals surface area (Å²) < 4.78 is 43.1. The van der Waals surface area contributed by atoms with Gasteiger partial charge in [0.25, 0.3) is 0 Å². The van der Waals surface area contributed by atoms with Crippen LogP contribution in [-0.4, -0.2) is 18.6 Å². The number of methoxy groups -OCH3 is 1. The number of hydrogen-bond acceptors (Lipinski definition) is 2. The van der Waals surface area contributed by atoms with Gasteiger partial charge in [-0.15, -0.1) is 0 Å². The fraction of sp³-hybridized carbons (Fsp3) is 0.368. The molecule has 1 saturated heterocycles. The summed E-state index contributed by atoms with van der Waals surface area (Å²) in [6, 6.07) is 13.8. The van der Waals surface area contributed by atoms with Crippen molar-refractivity contribution in [3.63, 3.8) is 0 Å². The van der Waals surface area contributed by atoms with Crippen molar-refractivity contribution in [3.05, 3.63) is 65.2 Å². The summed E-state index contributed by atoms with van der Waals surface area (Å²) in [5.74, 6) is 0.825. The van der Waals surface area contributed by atoms with Gasteiger partial charge in [-0.1, -0.05) is 24.3 Å². The standard InChI is InChI=1S/C19H20F3NO/c1-24-17-10-6-15(7-11-17)18-3-2-12-23(18)13-14-4-8-16(9-5-14)19(20,21)22/h4-11,18H,2-3,12-13H2,1H3. The first kappa shape index (κ1) is 16.8. The molecule has 0 N–H and O–H groups in total. The van der Waals surface area contributed by atoms with E-state index in [1.165, 1.54) is 5.56 Å². The van der Waals surface area contributed by atoms with E-state index < -0.39 is 11.7 Å². The number of alkyl halides is 3. The van der Waals surface area contributed by atoms with E-state index in [4.69, 9.17) is 4.74 Å². The molecule has 0 spiro atoms. The molecule has 1 fully saturated rings. The molecular formula is C19H20F3NO. The number of nitrogens with zero attached hydrogens (tertiary/aromatic N) is 1. The SMILES string of the molecule is COc1ccc(C2CCCN2Cc2ccc(C(F)(F)F)cc2)cc1. The molecular weight excluding hydrogens is 315 g/mol. The Balaban J connectivity index is 1.71. The predicted octanol–water partition coefficient (Wildman–Crippen LogP) is 5.05. The minimum Gasteiger partial charge on any atom is -0.497 e. The lowest BCUT2D eigenvalue weighted by Crippen LogP contribution is -2.22. The van der Waals surface area contributed by atoms with Gasteiger partial charge in [0.1, 0.15) is 5.75 Å². The lowest BCUT2D eigenvalue weighted by atomic mass is 10.0. The molecule has 128 valence electrons. The van der Waals surface area contributed by atoms with Gasteiger partial charge in [-0.3, -0.25) is 4.90 Å². The Kier molecular flexibility index (Phi) is 4.81. The molecule has 0 radical (unpaired) electrons. The summed E-state index contributed by atoms with van der Waals surface area (Å²) in [6.45, 7) is 1.62. The molecule has 0 aromatic heterocycles. The van der Waals surface area contributed by atoms with E-state index in [2.05, 4.69) is 17.0 Å². The van der Waals surface area contributed by atoms with Crippen molar-refractivity contribution in [1.29, 1.82) is 0 Å².